The van der Waals surface area contributed by atoms with E-state index in [1.165, 1.54) is 0 Å². The number of phenols is 1. The van der Waals surface area contributed by atoms with Crippen LogP contribution in [0.4, 0.5) is 0 Å². The Morgan fingerprint density at radius 3 is 2.64 bits per heavy atom. The van der Waals surface area contributed by atoms with Crippen molar-refractivity contribution in [3.8, 4) is 11.5 Å². The number of carbonyl (C=O) groups is 3. The molecule has 11 heteroatoms. The summed E-state index contributed by atoms with van der Waals surface area (Å²) in [5.41, 5.74) is -0.113. The van der Waals surface area contributed by atoms with E-state index in [4.69, 9.17) is 14.2 Å². The van der Waals surface area contributed by atoms with E-state index < -0.39 is 53.5 Å². The molecule has 1 spiro atoms. The Hall–Kier alpha value is -3.93. The van der Waals surface area contributed by atoms with Gasteiger partial charge in [-0.05, 0) is 55.6 Å². The molecule has 1 saturated heterocycles. The molecule has 44 heavy (non-hydrogen) atoms. The van der Waals surface area contributed by atoms with Gasteiger partial charge in [-0.2, -0.15) is 0 Å². The number of nitrogens with one attached hydrogen (secondary N) is 1. The van der Waals surface area contributed by atoms with Gasteiger partial charge in [0, 0.05) is 18.0 Å². The fraction of sp³-hybridized carbons (Fsp3) is 0.485. The summed E-state index contributed by atoms with van der Waals surface area (Å²) in [5, 5.41) is 36.0. The number of aliphatic hydroxyl groups excluding tert-OH is 1. The lowest BCUT2D eigenvalue weighted by Crippen LogP contribution is -2.74. The maximum absolute atomic E-state index is 13.4. The summed E-state index contributed by atoms with van der Waals surface area (Å²) in [5.74, 6) is -2.10. The maximum atomic E-state index is 13.4. The van der Waals surface area contributed by atoms with Crippen LogP contribution >= 0.6 is 0 Å². The summed E-state index contributed by atoms with van der Waals surface area (Å²) in [4.78, 5) is 41.5. The van der Waals surface area contributed by atoms with Gasteiger partial charge in [-0.25, -0.2) is 4.79 Å². The van der Waals surface area contributed by atoms with Gasteiger partial charge in [-0.3, -0.25) is 9.59 Å². The molecule has 2 heterocycles. The largest absolute Gasteiger partial charge is 0.504 e. The van der Waals surface area contributed by atoms with Gasteiger partial charge in [0.2, 0.25) is 0 Å². The van der Waals surface area contributed by atoms with E-state index in [0.717, 1.165) is 11.1 Å². The number of aromatic hydroxyl groups is 1. The van der Waals surface area contributed by atoms with Crippen molar-refractivity contribution in [1.29, 1.82) is 0 Å². The zero-order valence-electron chi connectivity index (χ0n) is 25.0. The smallest absolute Gasteiger partial charge is 0.329 e. The molecule has 0 radical (unpaired) electrons. The molecule has 4 aliphatic rings. The van der Waals surface area contributed by atoms with E-state index in [9.17, 15) is 29.7 Å². The zero-order valence-corrected chi connectivity index (χ0v) is 25.0. The summed E-state index contributed by atoms with van der Waals surface area (Å²) in [6, 6.07) is 10.0. The highest BCUT2D eigenvalue weighted by Crippen LogP contribution is 2.65. The van der Waals surface area contributed by atoms with Crippen LogP contribution in [-0.4, -0.2) is 82.1 Å². The van der Waals surface area contributed by atoms with Crippen molar-refractivity contribution in [2.45, 2.75) is 74.8 Å². The first-order valence-corrected chi connectivity index (χ1v) is 15.0. The standard InChI is InChI=1S/C33H38N2O9/c1-18(2)17-42-31(40)21(34-30(39)27(38)19-7-5-4-6-8-19)16-25(37)43-23-11-12-33(41)24-15-20-9-10-22(36)28-26(20)32(33,29(23)44-28)13-14-35(24)3/h4-11,18,21,24,27,29,36,38,41H,12-17H2,1-3H3,(H,34,39)/t21-,24+,27-,29-,32-,33+/m0/s1. The molecule has 0 aromatic heterocycles. The minimum Gasteiger partial charge on any atom is -0.504 e. The van der Waals surface area contributed by atoms with Crippen LogP contribution in [0.3, 0.4) is 0 Å². The van der Waals surface area contributed by atoms with Crippen molar-refractivity contribution in [1.82, 2.24) is 10.2 Å². The number of piperidine rings is 1. The molecule has 11 nitrogen and oxygen atoms in total. The fourth-order valence-electron chi connectivity index (χ4n) is 7.36. The monoisotopic (exact) mass is 606 g/mol. The van der Waals surface area contributed by atoms with Crippen LogP contribution in [0, 0.1) is 5.92 Å². The number of phenolic OH excluding ortho intramolecular Hbond substituents is 1. The number of esters is 2. The molecule has 1 fully saturated rings. The molecule has 6 rings (SSSR count). The Balaban J connectivity index is 1.25. The van der Waals surface area contributed by atoms with Crippen LogP contribution in [0.15, 0.2) is 54.3 Å². The van der Waals surface area contributed by atoms with E-state index >= 15 is 0 Å². The summed E-state index contributed by atoms with van der Waals surface area (Å²) in [6.45, 7) is 4.45. The molecule has 2 aliphatic carbocycles. The van der Waals surface area contributed by atoms with Crippen molar-refractivity contribution in [2.24, 2.45) is 5.92 Å². The molecule has 234 valence electrons. The Labute approximate surface area is 255 Å². The van der Waals surface area contributed by atoms with Gasteiger partial charge in [-0.15, -0.1) is 0 Å². The lowest BCUT2D eigenvalue weighted by atomic mass is 9.50. The summed E-state index contributed by atoms with van der Waals surface area (Å²) >= 11 is 0. The van der Waals surface area contributed by atoms with Gasteiger partial charge in [0.05, 0.1) is 24.0 Å². The molecule has 2 aliphatic heterocycles. The predicted molar refractivity (Wildman–Crippen MR) is 156 cm³/mol. The number of hydrogen-bond donors (Lipinski definition) is 4. The van der Waals surface area contributed by atoms with Gasteiger partial charge in [0.25, 0.3) is 5.91 Å². The molecular formula is C33H38N2O9. The van der Waals surface area contributed by atoms with Crippen LogP contribution in [0.2, 0.25) is 0 Å². The molecule has 4 N–H and O–H groups in total. The molecule has 0 unspecified atom stereocenters. The Bertz CT molecular complexity index is 1510. The number of likely N-dealkylation sites (N-methyl/N-ethyl adjacent to an activating group) is 1. The first-order chi connectivity index (χ1) is 21.0. The van der Waals surface area contributed by atoms with E-state index in [1.54, 1.807) is 42.5 Å². The summed E-state index contributed by atoms with van der Waals surface area (Å²) in [6.07, 6.45) is -0.0856. The number of nitrogens with zero attached hydrogens (tertiary/aromatic N) is 1. The maximum Gasteiger partial charge on any atom is 0.329 e. The molecule has 2 aromatic carbocycles. The quantitative estimate of drug-likeness (QED) is 0.312. The number of aliphatic hydroxyl groups is 2. The SMILES string of the molecule is CC(C)COC(=O)[C@H](CC(=O)OC1=CC[C@@]2(O)[C@H]3Cc4ccc(O)c5c4[C@@]2(CCN3C)[C@H]1O5)NC(=O)[C@@H](O)c1ccccc1. The second-order valence-corrected chi connectivity index (χ2v) is 12.7. The first kappa shape index (κ1) is 30.1. The Kier molecular flexibility index (Phi) is 7.67. The average molecular weight is 607 g/mol. The minimum absolute atomic E-state index is 0.0128. The Morgan fingerprint density at radius 2 is 1.91 bits per heavy atom. The third-order valence-electron chi connectivity index (χ3n) is 9.48. The van der Waals surface area contributed by atoms with Crippen molar-refractivity contribution in [3.05, 3.63) is 71.0 Å². The number of benzene rings is 2. The second kappa shape index (κ2) is 11.2. The van der Waals surface area contributed by atoms with Gasteiger partial charge in [0.1, 0.15) is 11.8 Å². The van der Waals surface area contributed by atoms with Crippen LogP contribution in [0.5, 0.6) is 11.5 Å². The number of likely N-dealkylation sites (tertiary alicyclic amines) is 1. The number of amides is 1. The molecule has 2 aromatic rings. The molecule has 1 amide bonds. The number of ether oxygens (including phenoxy) is 3. The minimum atomic E-state index is -1.57. The lowest BCUT2D eigenvalue weighted by Gasteiger charge is -2.61. The van der Waals surface area contributed by atoms with E-state index in [-0.39, 0.29) is 42.2 Å². The van der Waals surface area contributed by atoms with E-state index in [2.05, 4.69) is 10.2 Å². The molecular weight excluding hydrogens is 568 g/mol. The Morgan fingerprint density at radius 1 is 1.16 bits per heavy atom. The highest BCUT2D eigenvalue weighted by atomic mass is 16.6. The van der Waals surface area contributed by atoms with Gasteiger partial charge >= 0.3 is 11.9 Å². The van der Waals surface area contributed by atoms with E-state index in [1.807, 2.05) is 27.0 Å². The summed E-state index contributed by atoms with van der Waals surface area (Å²) < 4.78 is 17.5. The lowest BCUT2D eigenvalue weighted by molar-refractivity contribution is -0.170. The molecule has 2 bridgehead atoms. The van der Waals surface area contributed by atoms with Crippen LogP contribution in [-0.2, 0) is 35.7 Å². The average Bonchev–Trinajstić information content (AvgIpc) is 3.36. The molecule has 6 atom stereocenters. The normalized spacial score (nSPS) is 27.8. The number of carbonyl (C=O) groups excluding carboxylic acids is 3. The highest BCUT2D eigenvalue weighted by Gasteiger charge is 2.72. The van der Waals surface area contributed by atoms with Gasteiger partial charge in [-0.1, -0.05) is 50.2 Å². The summed E-state index contributed by atoms with van der Waals surface area (Å²) in [7, 11) is 1.98. The van der Waals surface area contributed by atoms with Crippen molar-refractivity contribution >= 4 is 17.8 Å². The third kappa shape index (κ3) is 4.74. The number of hydrogen-bond acceptors (Lipinski definition) is 10. The van der Waals surface area contributed by atoms with Crippen LogP contribution in [0.25, 0.3) is 0 Å². The van der Waals surface area contributed by atoms with Crippen LogP contribution < -0.4 is 10.1 Å². The number of rotatable bonds is 9. The van der Waals surface area contributed by atoms with Crippen LogP contribution in [0.1, 0.15) is 55.9 Å². The highest BCUT2D eigenvalue weighted by molar-refractivity contribution is 5.90. The van der Waals surface area contributed by atoms with Gasteiger partial charge < -0.3 is 39.7 Å². The van der Waals surface area contributed by atoms with Gasteiger partial charge in [0.15, 0.2) is 23.7 Å². The van der Waals surface area contributed by atoms with E-state index in [0.29, 0.717) is 24.9 Å². The topological polar surface area (TPSA) is 155 Å². The van der Waals surface area contributed by atoms with Crippen molar-refractivity contribution < 1.29 is 43.9 Å². The molecule has 0 saturated carbocycles. The predicted octanol–water partition coefficient (Wildman–Crippen LogP) is 2.02. The third-order valence-corrected chi connectivity index (χ3v) is 9.48. The van der Waals surface area contributed by atoms with Crippen molar-refractivity contribution in [3.63, 3.8) is 0 Å². The van der Waals surface area contributed by atoms with Crippen molar-refractivity contribution in [2.75, 3.05) is 20.2 Å². The second-order valence-electron chi connectivity index (χ2n) is 12.7. The first-order valence-electron chi connectivity index (χ1n) is 15.0. The zero-order chi connectivity index (χ0) is 31.4. The fourth-order valence-corrected chi connectivity index (χ4v) is 7.36.